The Morgan fingerprint density at radius 3 is 1.12 bits per heavy atom. The average molecular weight is 1710 g/mol. The molecule has 5 saturated heterocycles. The predicted molar refractivity (Wildman–Crippen MR) is 493 cm³/mol. The summed E-state index contributed by atoms with van der Waals surface area (Å²) in [6.07, 6.45) is 35.4. The molecule has 5 heterocycles. The van der Waals surface area contributed by atoms with Gasteiger partial charge in [-0.15, -0.1) is 12.4 Å². The molecular formula is C95H152Cl2N12O11. The van der Waals surface area contributed by atoms with Gasteiger partial charge in [0.1, 0.15) is 11.2 Å². The largest absolute Gasteiger partial charge is 0.444 e. The van der Waals surface area contributed by atoms with Gasteiger partial charge in [0, 0.05) is 135 Å². The number of aliphatic imine (C=N–C) groups is 1. The molecule has 0 bridgehead atoms. The predicted octanol–water partition coefficient (Wildman–Crippen LogP) is 20.5. The molecule has 2 aliphatic carbocycles. The molecule has 5 aliphatic heterocycles. The zero-order valence-electron chi connectivity index (χ0n) is 74.9. The Kier molecular flexibility index (Phi) is 53.5. The molecule has 4 aromatic rings. The third kappa shape index (κ3) is 47.0. The van der Waals surface area contributed by atoms with Crippen molar-refractivity contribution in [2.45, 2.75) is 273 Å². The van der Waals surface area contributed by atoms with Crippen molar-refractivity contribution in [3.63, 3.8) is 0 Å². The summed E-state index contributed by atoms with van der Waals surface area (Å²) >= 11 is 5.22. The number of carbonyl (C=O) groups excluding carboxylic acids is 8. The van der Waals surface area contributed by atoms with E-state index in [2.05, 4.69) is 108 Å². The summed E-state index contributed by atoms with van der Waals surface area (Å²) in [5.41, 5.74) is 7.72. The molecule has 672 valence electrons. The standard InChI is InChI=1S/C24H37N3O2.C21H33N3O3.C16H25N3O.C12H15NO.C10H20N2O2.C8H13ClO.C4H8O.ClH/c1-2-3-7-21-10-13-22(14-11-21)25-24(29)27-17-6-16-26(18-19-27)23(28)15-12-20-8-4-5-9-20;1-5-6-8-17-9-11-18(12-10-17)22-19(25)23-13-7-14-24(16-15-23)20(26)27-21(2,3)4;1-2-3-5-14-6-8-15(9-7-14)18-16(20)19-12-4-10-17-11-13-19;1-2-3-4-11-5-7-12(8-6-11)13-9-10-14;1-10(2,3)14-9(13)12-7-4-5-11-6-8-12;9-8(10)6-5-7-3-1-2-4-7;1-2-4-5-3-1;/h10-11,13-14,20H,2-9,12,15-19H2,1H3,(H,25,29);9-12H,5-8,13-16H2,1-4H3,(H,22,25);6-9,17H,2-5,10-13H2,1H3,(H,18,20);5-10H,2-4H2,1H3;11H,4-8H2,1-3H3;7H,1-6H2;1-4H2;1H. The minimum atomic E-state index is -0.510. The molecule has 25 heteroatoms. The number of amides is 9. The quantitative estimate of drug-likeness (QED) is 0.0263. The van der Waals surface area contributed by atoms with Gasteiger partial charge in [-0.3, -0.25) is 19.4 Å². The van der Waals surface area contributed by atoms with Gasteiger partial charge >= 0.3 is 30.3 Å². The first-order chi connectivity index (χ1) is 57.4. The fraction of sp³-hybridized carbons (Fsp3) is 0.653. The number of anilines is 3. The van der Waals surface area contributed by atoms with Crippen molar-refractivity contribution in [1.29, 1.82) is 0 Å². The van der Waals surface area contributed by atoms with Gasteiger partial charge in [-0.25, -0.2) is 24.0 Å². The van der Waals surface area contributed by atoms with Crippen LogP contribution in [-0.2, 0) is 54.3 Å². The molecule has 0 aromatic heterocycles. The first kappa shape index (κ1) is 105. The lowest BCUT2D eigenvalue weighted by molar-refractivity contribution is -0.131. The highest BCUT2D eigenvalue weighted by molar-refractivity contribution is 6.63. The zero-order valence-corrected chi connectivity index (χ0v) is 76.5. The molecule has 23 nitrogen and oxygen atoms in total. The van der Waals surface area contributed by atoms with Gasteiger partial charge in [-0.05, 0) is 252 Å². The van der Waals surface area contributed by atoms with Crippen molar-refractivity contribution in [2.75, 3.05) is 134 Å². The van der Waals surface area contributed by atoms with Crippen LogP contribution in [0.4, 0.5) is 46.7 Å². The molecule has 0 spiro atoms. The minimum Gasteiger partial charge on any atom is -0.444 e. The number of nitrogens with zero attached hydrogens (tertiary/aromatic N) is 7. The highest BCUT2D eigenvalue weighted by Crippen LogP contribution is 2.30. The SMILES string of the molecule is C1CCOC1.CC(C)(C)OC(=O)N1CCCNCC1.CCCCc1ccc(N=CC=O)cc1.CCCCc1ccc(NC(=O)N2CCCN(C(=O)CCC3CCCC3)CC2)cc1.CCCCc1ccc(NC(=O)N2CCCN(C(=O)OC(C)(C)C)CC2)cc1.CCCCc1ccc(NC(=O)N2CCCNCC2)cc1.Cl.O=C(Cl)CCC1CCCC1. The Morgan fingerprint density at radius 2 is 0.750 bits per heavy atom. The summed E-state index contributed by atoms with van der Waals surface area (Å²) in [5, 5.41) is 15.3. The molecule has 5 N–H and O–H groups in total. The maximum absolute atomic E-state index is 12.7. The van der Waals surface area contributed by atoms with Crippen LogP contribution in [-0.4, -0.2) is 212 Å². The first-order valence-corrected chi connectivity index (χ1v) is 45.7. The Balaban J connectivity index is 0.000000308. The third-order valence-corrected chi connectivity index (χ3v) is 21.8. The van der Waals surface area contributed by atoms with Crippen molar-refractivity contribution in [3.05, 3.63) is 119 Å². The molecule has 0 unspecified atom stereocenters. The summed E-state index contributed by atoms with van der Waals surface area (Å²) in [4.78, 5) is 109. The van der Waals surface area contributed by atoms with Gasteiger partial charge in [0.15, 0.2) is 6.29 Å². The number of carbonyl (C=O) groups is 8. The van der Waals surface area contributed by atoms with E-state index < -0.39 is 11.2 Å². The number of hydrogen-bond acceptors (Lipinski definition) is 14. The second kappa shape index (κ2) is 61.5. The average Bonchev–Trinajstić information content (AvgIpc) is 1.16. The number of aryl methyl sites for hydroxylation is 4. The number of urea groups is 3. The summed E-state index contributed by atoms with van der Waals surface area (Å²) in [7, 11) is 0. The second-order valence-electron chi connectivity index (χ2n) is 34.1. The molecular weight excluding hydrogens is 1560 g/mol. The number of unbranched alkanes of at least 4 members (excludes halogenated alkanes) is 4. The van der Waals surface area contributed by atoms with Crippen LogP contribution >= 0.6 is 24.0 Å². The lowest BCUT2D eigenvalue weighted by atomic mass is 10.0. The monoisotopic (exact) mass is 1710 g/mol. The summed E-state index contributed by atoms with van der Waals surface area (Å²) in [6, 6.07) is 32.2. The van der Waals surface area contributed by atoms with Gasteiger partial charge in [-0.1, -0.05) is 153 Å². The Labute approximate surface area is 732 Å². The van der Waals surface area contributed by atoms with Crippen LogP contribution < -0.4 is 26.6 Å². The summed E-state index contributed by atoms with van der Waals surface area (Å²) in [5.74, 6) is 1.81. The molecule has 7 fully saturated rings. The van der Waals surface area contributed by atoms with E-state index in [1.807, 2.05) is 105 Å². The van der Waals surface area contributed by atoms with Crippen LogP contribution in [0.2, 0.25) is 0 Å². The molecule has 9 amide bonds. The van der Waals surface area contributed by atoms with Crippen LogP contribution in [0.25, 0.3) is 0 Å². The number of benzene rings is 4. The lowest BCUT2D eigenvalue weighted by Crippen LogP contribution is -2.41. The van der Waals surface area contributed by atoms with E-state index in [-0.39, 0.29) is 53.8 Å². The molecule has 120 heavy (non-hydrogen) atoms. The highest BCUT2D eigenvalue weighted by atomic mass is 35.5. The molecule has 0 radical (unpaired) electrons. The number of rotatable bonds is 23. The Morgan fingerprint density at radius 1 is 0.425 bits per heavy atom. The maximum atomic E-state index is 12.7. The van der Waals surface area contributed by atoms with E-state index in [1.165, 1.54) is 144 Å². The Bertz CT molecular complexity index is 3490. The molecule has 2 saturated carbocycles. The van der Waals surface area contributed by atoms with Crippen molar-refractivity contribution in [3.8, 4) is 0 Å². The van der Waals surface area contributed by atoms with Crippen molar-refractivity contribution >= 4 is 101 Å². The van der Waals surface area contributed by atoms with E-state index in [1.54, 1.807) is 14.7 Å². The summed E-state index contributed by atoms with van der Waals surface area (Å²) < 4.78 is 15.7. The number of nitrogens with one attached hydrogen (secondary N) is 5. The number of ether oxygens (including phenoxy) is 3. The van der Waals surface area contributed by atoms with Gasteiger partial charge in [0.2, 0.25) is 11.1 Å². The van der Waals surface area contributed by atoms with E-state index in [4.69, 9.17) is 25.8 Å². The normalized spacial score (nSPS) is 16.5. The van der Waals surface area contributed by atoms with Crippen molar-refractivity contribution in [1.82, 2.24) is 40.0 Å². The van der Waals surface area contributed by atoms with Crippen LogP contribution in [0, 0.1) is 11.8 Å². The molecule has 0 atom stereocenters. The van der Waals surface area contributed by atoms with E-state index in [0.29, 0.717) is 64.9 Å². The molecule has 7 aliphatic rings. The third-order valence-electron chi connectivity index (χ3n) is 21.6. The van der Waals surface area contributed by atoms with Crippen LogP contribution in [0.5, 0.6) is 0 Å². The highest BCUT2D eigenvalue weighted by Gasteiger charge is 2.29. The first-order valence-electron chi connectivity index (χ1n) is 45.3. The topological polar surface area (TPSA) is 256 Å². The lowest BCUT2D eigenvalue weighted by Gasteiger charge is -2.26. The van der Waals surface area contributed by atoms with Gasteiger partial charge in [-0.2, -0.15) is 0 Å². The smallest absolute Gasteiger partial charge is 0.410 e. The number of aldehydes is 1. The Hall–Kier alpha value is -7.83. The maximum Gasteiger partial charge on any atom is 0.410 e. The van der Waals surface area contributed by atoms with Crippen LogP contribution in [0.15, 0.2) is 102 Å². The van der Waals surface area contributed by atoms with E-state index in [0.717, 1.165) is 171 Å². The van der Waals surface area contributed by atoms with Gasteiger partial charge in [0.05, 0.1) is 11.9 Å². The van der Waals surface area contributed by atoms with E-state index >= 15 is 0 Å². The second-order valence-corrected chi connectivity index (χ2v) is 34.5. The zero-order chi connectivity index (χ0) is 86.3. The van der Waals surface area contributed by atoms with Gasteiger partial charge in [0.25, 0.3) is 0 Å². The van der Waals surface area contributed by atoms with Crippen LogP contribution in [0.1, 0.15) is 258 Å². The van der Waals surface area contributed by atoms with Crippen LogP contribution in [0.3, 0.4) is 0 Å². The summed E-state index contributed by atoms with van der Waals surface area (Å²) in [6.45, 7) is 33.8. The number of halogens is 2. The van der Waals surface area contributed by atoms with Crippen molar-refractivity contribution in [2.24, 2.45) is 16.8 Å². The fourth-order valence-corrected chi connectivity index (χ4v) is 14.7. The minimum absolute atomic E-state index is 0. The van der Waals surface area contributed by atoms with Gasteiger partial charge < -0.3 is 70.2 Å². The number of hydrogen-bond donors (Lipinski definition) is 5. The van der Waals surface area contributed by atoms with Crippen molar-refractivity contribution < 1.29 is 52.6 Å². The molecule has 4 aromatic carbocycles. The van der Waals surface area contributed by atoms with E-state index in [9.17, 15) is 38.4 Å². The molecule has 11 rings (SSSR count). The fourth-order valence-electron chi connectivity index (χ4n) is 14.6.